The van der Waals surface area contributed by atoms with Crippen LogP contribution in [0, 0.1) is 5.92 Å². The highest BCUT2D eigenvalue weighted by atomic mass is 35.5. The second-order valence-corrected chi connectivity index (χ2v) is 5.99. The van der Waals surface area contributed by atoms with E-state index in [1.807, 2.05) is 31.2 Å². The molecule has 1 aliphatic heterocycles. The van der Waals surface area contributed by atoms with E-state index in [0.717, 1.165) is 17.9 Å². The number of carbonyl (C=O) groups is 1. The number of rotatable bonds is 3. The Bertz CT molecular complexity index is 463. The van der Waals surface area contributed by atoms with Gasteiger partial charge in [-0.1, -0.05) is 23.7 Å². The molecule has 1 N–H and O–H groups in total. The standard InChI is InChI=1S/C16H22ClNO3/c1-11-7-13(8-12-3-5-14(17)6-4-12)9-20-10-15(18-2)16(19)21-11/h3-6,11,13,15,18H,7-10H2,1-2H3/t11?,13?,15-/m0/s1. The molecule has 5 heteroatoms. The third-order valence-corrected chi connectivity index (χ3v) is 3.94. The van der Waals surface area contributed by atoms with Gasteiger partial charge in [0.25, 0.3) is 0 Å². The fourth-order valence-electron chi connectivity index (χ4n) is 2.58. The molecule has 0 radical (unpaired) electrons. The number of hydrogen-bond acceptors (Lipinski definition) is 4. The number of benzene rings is 1. The molecule has 2 unspecified atom stereocenters. The highest BCUT2D eigenvalue weighted by molar-refractivity contribution is 6.30. The molecule has 1 aliphatic rings. The number of halogens is 1. The van der Waals surface area contributed by atoms with E-state index in [1.54, 1.807) is 7.05 Å². The molecular weight excluding hydrogens is 290 g/mol. The van der Waals surface area contributed by atoms with E-state index in [2.05, 4.69) is 5.32 Å². The summed E-state index contributed by atoms with van der Waals surface area (Å²) in [5, 5.41) is 3.67. The van der Waals surface area contributed by atoms with Gasteiger partial charge in [-0.15, -0.1) is 0 Å². The lowest BCUT2D eigenvalue weighted by molar-refractivity contribution is -0.151. The number of hydrogen-bond donors (Lipinski definition) is 1. The van der Waals surface area contributed by atoms with Crippen LogP contribution >= 0.6 is 11.6 Å². The van der Waals surface area contributed by atoms with E-state index >= 15 is 0 Å². The predicted molar refractivity (Wildman–Crippen MR) is 82.5 cm³/mol. The zero-order valence-electron chi connectivity index (χ0n) is 12.5. The van der Waals surface area contributed by atoms with Crippen LogP contribution in [0.4, 0.5) is 0 Å². The maximum Gasteiger partial charge on any atom is 0.325 e. The smallest absolute Gasteiger partial charge is 0.325 e. The molecule has 0 spiro atoms. The van der Waals surface area contributed by atoms with Crippen molar-refractivity contribution in [3.05, 3.63) is 34.9 Å². The Hall–Kier alpha value is -1.10. The van der Waals surface area contributed by atoms with E-state index in [0.29, 0.717) is 19.1 Å². The van der Waals surface area contributed by atoms with Crippen LogP contribution < -0.4 is 5.32 Å². The fourth-order valence-corrected chi connectivity index (χ4v) is 2.71. The summed E-state index contributed by atoms with van der Waals surface area (Å²) in [4.78, 5) is 11.9. The Labute approximate surface area is 130 Å². The predicted octanol–water partition coefficient (Wildman–Crippen LogP) is 2.44. The number of esters is 1. The van der Waals surface area contributed by atoms with Crippen LogP contribution in [0.2, 0.25) is 5.02 Å². The molecule has 0 aliphatic carbocycles. The van der Waals surface area contributed by atoms with Crippen LogP contribution in [0.25, 0.3) is 0 Å². The van der Waals surface area contributed by atoms with Crippen molar-refractivity contribution in [1.82, 2.24) is 5.32 Å². The van der Waals surface area contributed by atoms with Crippen molar-refractivity contribution < 1.29 is 14.3 Å². The molecule has 116 valence electrons. The van der Waals surface area contributed by atoms with Gasteiger partial charge in [-0.2, -0.15) is 0 Å². The largest absolute Gasteiger partial charge is 0.461 e. The van der Waals surface area contributed by atoms with E-state index < -0.39 is 0 Å². The monoisotopic (exact) mass is 311 g/mol. The normalized spacial score (nSPS) is 27.4. The van der Waals surface area contributed by atoms with Crippen molar-refractivity contribution in [3.8, 4) is 0 Å². The van der Waals surface area contributed by atoms with E-state index in [1.165, 1.54) is 5.56 Å². The van der Waals surface area contributed by atoms with Gasteiger partial charge in [0.1, 0.15) is 6.04 Å². The quantitative estimate of drug-likeness (QED) is 0.871. The fraction of sp³-hybridized carbons (Fsp3) is 0.562. The minimum atomic E-state index is -0.387. The summed E-state index contributed by atoms with van der Waals surface area (Å²) in [5.74, 6) is 0.0849. The number of nitrogens with one attached hydrogen (secondary N) is 1. The summed E-state index contributed by atoms with van der Waals surface area (Å²) in [6.07, 6.45) is 1.58. The molecule has 1 saturated heterocycles. The molecule has 1 fully saturated rings. The van der Waals surface area contributed by atoms with Crippen molar-refractivity contribution in [2.24, 2.45) is 5.92 Å². The summed E-state index contributed by atoms with van der Waals surface area (Å²) in [6, 6.07) is 7.46. The first-order chi connectivity index (χ1) is 10.1. The number of ether oxygens (including phenoxy) is 2. The highest BCUT2D eigenvalue weighted by Crippen LogP contribution is 2.20. The molecule has 1 aromatic rings. The third kappa shape index (κ3) is 4.99. The third-order valence-electron chi connectivity index (χ3n) is 3.69. The molecule has 0 aromatic heterocycles. The molecule has 1 aromatic carbocycles. The number of cyclic esters (lactones) is 1. The second kappa shape index (κ2) is 7.78. The molecule has 21 heavy (non-hydrogen) atoms. The Morgan fingerprint density at radius 1 is 1.29 bits per heavy atom. The lowest BCUT2D eigenvalue weighted by Gasteiger charge is -2.19. The van der Waals surface area contributed by atoms with Crippen LogP contribution in [0.15, 0.2) is 24.3 Å². The Morgan fingerprint density at radius 3 is 2.67 bits per heavy atom. The summed E-state index contributed by atoms with van der Waals surface area (Å²) >= 11 is 5.91. The van der Waals surface area contributed by atoms with Crippen molar-refractivity contribution in [3.63, 3.8) is 0 Å². The summed E-state index contributed by atoms with van der Waals surface area (Å²) < 4.78 is 11.2. The molecule has 0 amide bonds. The average Bonchev–Trinajstić information content (AvgIpc) is 2.50. The molecule has 2 rings (SSSR count). The molecule has 4 nitrogen and oxygen atoms in total. The lowest BCUT2D eigenvalue weighted by Crippen LogP contribution is -2.40. The van der Waals surface area contributed by atoms with Crippen LogP contribution in [0.1, 0.15) is 18.9 Å². The van der Waals surface area contributed by atoms with Crippen molar-refractivity contribution in [2.45, 2.75) is 31.9 Å². The zero-order chi connectivity index (χ0) is 15.2. The first-order valence-electron chi connectivity index (χ1n) is 7.28. The molecule has 0 saturated carbocycles. The van der Waals surface area contributed by atoms with Crippen LogP contribution in [0.5, 0.6) is 0 Å². The Kier molecular flexibility index (Phi) is 6.03. The Balaban J connectivity index is 1.99. The Morgan fingerprint density at radius 2 is 2.00 bits per heavy atom. The lowest BCUT2D eigenvalue weighted by atomic mass is 9.95. The van der Waals surface area contributed by atoms with Crippen LogP contribution in [-0.2, 0) is 20.7 Å². The van der Waals surface area contributed by atoms with Crippen molar-refractivity contribution in [2.75, 3.05) is 20.3 Å². The topological polar surface area (TPSA) is 47.6 Å². The van der Waals surface area contributed by atoms with Crippen molar-refractivity contribution in [1.29, 1.82) is 0 Å². The molecule has 1 heterocycles. The van der Waals surface area contributed by atoms with Gasteiger partial charge in [0, 0.05) is 11.6 Å². The van der Waals surface area contributed by atoms with E-state index in [-0.39, 0.29) is 18.1 Å². The first-order valence-corrected chi connectivity index (χ1v) is 7.66. The van der Waals surface area contributed by atoms with E-state index in [9.17, 15) is 4.79 Å². The van der Waals surface area contributed by atoms with Crippen LogP contribution in [0.3, 0.4) is 0 Å². The maximum absolute atomic E-state index is 11.9. The number of likely N-dealkylation sites (N-methyl/N-ethyl adjacent to an activating group) is 1. The van der Waals surface area contributed by atoms with Gasteiger partial charge in [0.2, 0.25) is 0 Å². The first kappa shape index (κ1) is 16.3. The minimum Gasteiger partial charge on any atom is -0.461 e. The average molecular weight is 312 g/mol. The molecule has 0 bridgehead atoms. The SMILES string of the molecule is CN[C@H]1COCC(Cc2ccc(Cl)cc2)CC(C)OC1=O. The van der Waals surface area contributed by atoms with Gasteiger partial charge < -0.3 is 14.8 Å². The molecular formula is C16H22ClNO3. The number of carbonyl (C=O) groups excluding carboxylic acids is 1. The maximum atomic E-state index is 11.9. The minimum absolute atomic E-state index is 0.104. The summed E-state index contributed by atoms with van der Waals surface area (Å²) in [6.45, 7) is 2.91. The van der Waals surface area contributed by atoms with E-state index in [4.69, 9.17) is 21.1 Å². The van der Waals surface area contributed by atoms with Gasteiger partial charge in [0.15, 0.2) is 0 Å². The van der Waals surface area contributed by atoms with Gasteiger partial charge in [-0.25, -0.2) is 0 Å². The summed E-state index contributed by atoms with van der Waals surface area (Å²) in [5.41, 5.74) is 1.22. The second-order valence-electron chi connectivity index (χ2n) is 5.56. The van der Waals surface area contributed by atoms with Gasteiger partial charge >= 0.3 is 5.97 Å². The van der Waals surface area contributed by atoms with Gasteiger partial charge in [0.05, 0.1) is 12.7 Å². The van der Waals surface area contributed by atoms with Gasteiger partial charge in [-0.3, -0.25) is 4.79 Å². The van der Waals surface area contributed by atoms with Crippen LogP contribution in [-0.4, -0.2) is 38.4 Å². The summed E-state index contributed by atoms with van der Waals surface area (Å²) in [7, 11) is 1.74. The van der Waals surface area contributed by atoms with Crippen molar-refractivity contribution >= 4 is 17.6 Å². The molecule has 3 atom stereocenters. The van der Waals surface area contributed by atoms with Gasteiger partial charge in [-0.05, 0) is 50.4 Å². The highest BCUT2D eigenvalue weighted by Gasteiger charge is 2.25. The zero-order valence-corrected chi connectivity index (χ0v) is 13.2.